The second-order valence-corrected chi connectivity index (χ2v) is 2.21. The molecule has 0 fully saturated rings. The lowest BCUT2D eigenvalue weighted by atomic mass is 10.4. The molecule has 0 aromatic rings. The van der Waals surface area contributed by atoms with Crippen molar-refractivity contribution in [1.82, 2.24) is 0 Å². The van der Waals surface area contributed by atoms with E-state index < -0.39 is 17.7 Å². The molecule has 0 heterocycles. The topological polar surface area (TPSA) is 69.7 Å². The Hall–Kier alpha value is -0.660. The fraction of sp³-hybridized carbons (Fsp3) is 0.500. The van der Waals surface area contributed by atoms with E-state index in [0.717, 1.165) is 0 Å². The average Bonchev–Trinajstić information content (AvgIpc) is 2.04. The van der Waals surface area contributed by atoms with Crippen LogP contribution in [0.1, 0.15) is 6.92 Å². The first-order valence-electron chi connectivity index (χ1n) is 3.07. The van der Waals surface area contributed by atoms with Crippen molar-refractivity contribution in [1.29, 1.82) is 0 Å². The lowest BCUT2D eigenvalue weighted by Crippen LogP contribution is -2.27. The standard InChI is InChI=1S/C6H7IO5/c1-2-11-5(9)4(8)6(10)12-3-7/h2-3H2,1H3. The Kier molecular flexibility index (Phi) is 5.60. The summed E-state index contributed by atoms with van der Waals surface area (Å²) in [6.45, 7) is 1.59. The van der Waals surface area contributed by atoms with Gasteiger partial charge in [0.2, 0.25) is 0 Å². The lowest BCUT2D eigenvalue weighted by molar-refractivity contribution is -0.163. The Labute approximate surface area is 82.5 Å². The highest BCUT2D eigenvalue weighted by atomic mass is 127. The maximum atomic E-state index is 10.7. The summed E-state index contributed by atoms with van der Waals surface area (Å²) in [4.78, 5) is 31.8. The molecular formula is C6H7IO5. The number of hydrogen-bond acceptors (Lipinski definition) is 5. The fourth-order valence-electron chi connectivity index (χ4n) is 0.395. The Morgan fingerprint density at radius 2 is 1.67 bits per heavy atom. The van der Waals surface area contributed by atoms with Crippen molar-refractivity contribution in [2.75, 3.05) is 11.2 Å². The summed E-state index contributed by atoms with van der Waals surface area (Å²) >= 11 is 1.73. The average molecular weight is 286 g/mol. The first-order chi connectivity index (χ1) is 5.63. The molecule has 68 valence electrons. The molecule has 0 radical (unpaired) electrons. The van der Waals surface area contributed by atoms with Gasteiger partial charge in [-0.1, -0.05) is 0 Å². The smallest absolute Gasteiger partial charge is 0.387 e. The number of halogens is 1. The second kappa shape index (κ2) is 5.92. The highest BCUT2D eigenvalue weighted by Gasteiger charge is 2.25. The molecule has 0 saturated carbocycles. The first-order valence-corrected chi connectivity index (χ1v) is 4.60. The normalized spacial score (nSPS) is 8.83. The predicted molar refractivity (Wildman–Crippen MR) is 46.6 cm³/mol. The van der Waals surface area contributed by atoms with E-state index in [0.29, 0.717) is 0 Å². The highest BCUT2D eigenvalue weighted by Crippen LogP contribution is 1.89. The quantitative estimate of drug-likeness (QED) is 0.240. The minimum Gasteiger partial charge on any atom is -0.460 e. The summed E-state index contributed by atoms with van der Waals surface area (Å²) in [6.07, 6.45) is 0. The number of carbonyl (C=O) groups excluding carboxylic acids is 3. The summed E-state index contributed by atoms with van der Waals surface area (Å²) in [6, 6.07) is 0. The summed E-state index contributed by atoms with van der Waals surface area (Å²) in [5.41, 5.74) is 0. The fourth-order valence-corrected chi connectivity index (χ4v) is 0.678. The van der Waals surface area contributed by atoms with Gasteiger partial charge in [-0.05, 0) is 29.5 Å². The molecule has 0 aliphatic heterocycles. The van der Waals surface area contributed by atoms with Crippen molar-refractivity contribution >= 4 is 40.3 Å². The molecule has 0 unspecified atom stereocenters. The zero-order valence-corrected chi connectivity index (χ0v) is 8.49. The van der Waals surface area contributed by atoms with Gasteiger partial charge >= 0.3 is 17.7 Å². The van der Waals surface area contributed by atoms with Gasteiger partial charge in [0.15, 0.2) is 0 Å². The second-order valence-electron chi connectivity index (χ2n) is 1.59. The van der Waals surface area contributed by atoms with Crippen molar-refractivity contribution in [3.05, 3.63) is 0 Å². The van der Waals surface area contributed by atoms with Crippen LogP contribution >= 0.6 is 22.6 Å². The molecule has 0 amide bonds. The van der Waals surface area contributed by atoms with Crippen molar-refractivity contribution < 1.29 is 23.9 Å². The van der Waals surface area contributed by atoms with Gasteiger partial charge in [-0.15, -0.1) is 0 Å². The zero-order valence-electron chi connectivity index (χ0n) is 6.33. The number of rotatable bonds is 4. The van der Waals surface area contributed by atoms with Crippen molar-refractivity contribution in [3.63, 3.8) is 0 Å². The summed E-state index contributed by atoms with van der Waals surface area (Å²) < 4.78 is 8.58. The maximum absolute atomic E-state index is 10.7. The molecule has 0 bridgehead atoms. The number of ketones is 1. The molecule has 0 N–H and O–H groups in total. The van der Waals surface area contributed by atoms with Crippen LogP contribution in [0.2, 0.25) is 0 Å². The van der Waals surface area contributed by atoms with E-state index in [-0.39, 0.29) is 11.2 Å². The van der Waals surface area contributed by atoms with Crippen LogP contribution in [-0.2, 0) is 23.9 Å². The lowest BCUT2D eigenvalue weighted by Gasteiger charge is -1.99. The number of alkyl halides is 1. The number of hydrogen-bond donors (Lipinski definition) is 0. The molecule has 0 aliphatic carbocycles. The number of carbonyl (C=O) groups is 3. The van der Waals surface area contributed by atoms with E-state index in [2.05, 4.69) is 9.47 Å². The van der Waals surface area contributed by atoms with E-state index in [1.54, 1.807) is 22.6 Å². The largest absolute Gasteiger partial charge is 0.460 e. The molecule has 5 nitrogen and oxygen atoms in total. The number of ether oxygens (including phenoxy) is 2. The summed E-state index contributed by atoms with van der Waals surface area (Å²) in [5, 5.41) is 0. The van der Waals surface area contributed by atoms with Crippen LogP contribution in [0.3, 0.4) is 0 Å². The molecule has 0 aromatic carbocycles. The molecule has 0 aliphatic rings. The van der Waals surface area contributed by atoms with Gasteiger partial charge in [-0.3, -0.25) is 4.79 Å². The van der Waals surface area contributed by atoms with Crippen LogP contribution in [0, 0.1) is 0 Å². The minimum atomic E-state index is -1.27. The molecular weight excluding hydrogens is 279 g/mol. The van der Waals surface area contributed by atoms with E-state index >= 15 is 0 Å². The van der Waals surface area contributed by atoms with Gasteiger partial charge in [0.05, 0.1) is 6.61 Å². The number of Topliss-reactive ketones (excluding diaryl/α,β-unsaturated/α-hetero) is 1. The van der Waals surface area contributed by atoms with E-state index in [1.165, 1.54) is 6.92 Å². The molecule has 0 spiro atoms. The summed E-state index contributed by atoms with van der Waals surface area (Å²) in [5.74, 6) is -3.62. The highest BCUT2D eigenvalue weighted by molar-refractivity contribution is 14.1. The van der Waals surface area contributed by atoms with Crippen molar-refractivity contribution in [2.24, 2.45) is 0 Å². The van der Waals surface area contributed by atoms with Gasteiger partial charge in [0.25, 0.3) is 0 Å². The third kappa shape index (κ3) is 3.65. The van der Waals surface area contributed by atoms with Crippen LogP contribution in [-0.4, -0.2) is 28.9 Å². The summed E-state index contributed by atoms with van der Waals surface area (Å²) in [7, 11) is 0. The Morgan fingerprint density at radius 3 is 2.08 bits per heavy atom. The van der Waals surface area contributed by atoms with Crippen LogP contribution < -0.4 is 0 Å². The van der Waals surface area contributed by atoms with Gasteiger partial charge in [0, 0.05) is 0 Å². The molecule has 12 heavy (non-hydrogen) atoms. The zero-order chi connectivity index (χ0) is 9.56. The molecule has 6 heteroatoms. The van der Waals surface area contributed by atoms with Crippen molar-refractivity contribution in [2.45, 2.75) is 6.92 Å². The van der Waals surface area contributed by atoms with Gasteiger partial charge in [-0.2, -0.15) is 0 Å². The third-order valence-electron chi connectivity index (χ3n) is 0.832. The Morgan fingerprint density at radius 1 is 1.17 bits per heavy atom. The molecule has 0 saturated heterocycles. The van der Waals surface area contributed by atoms with Crippen LogP contribution in [0.4, 0.5) is 0 Å². The van der Waals surface area contributed by atoms with E-state index in [9.17, 15) is 14.4 Å². The monoisotopic (exact) mass is 286 g/mol. The maximum Gasteiger partial charge on any atom is 0.387 e. The molecule has 0 atom stereocenters. The van der Waals surface area contributed by atoms with E-state index in [1.807, 2.05) is 0 Å². The predicted octanol–water partition coefficient (Wildman–Crippen LogP) is 0.0543. The van der Waals surface area contributed by atoms with E-state index in [4.69, 9.17) is 0 Å². The Bertz CT molecular complexity index is 180. The Balaban J connectivity index is 4.01. The van der Waals surface area contributed by atoms with Crippen molar-refractivity contribution in [3.8, 4) is 0 Å². The van der Waals surface area contributed by atoms with Gasteiger partial charge in [0.1, 0.15) is 4.61 Å². The van der Waals surface area contributed by atoms with Crippen LogP contribution in [0.15, 0.2) is 0 Å². The molecule has 0 rings (SSSR count). The first kappa shape index (κ1) is 11.3. The van der Waals surface area contributed by atoms with Gasteiger partial charge < -0.3 is 9.47 Å². The van der Waals surface area contributed by atoms with Crippen LogP contribution in [0.25, 0.3) is 0 Å². The SMILES string of the molecule is CCOC(=O)C(=O)C(=O)OCI. The minimum absolute atomic E-state index is 0.0295. The number of esters is 2. The molecule has 0 aromatic heterocycles. The van der Waals surface area contributed by atoms with Crippen LogP contribution in [0.5, 0.6) is 0 Å². The van der Waals surface area contributed by atoms with Gasteiger partial charge in [-0.25, -0.2) is 9.59 Å². The third-order valence-corrected chi connectivity index (χ3v) is 1.14.